The van der Waals surface area contributed by atoms with Crippen molar-refractivity contribution in [2.75, 3.05) is 13.2 Å². The fourth-order valence-corrected chi connectivity index (χ4v) is 2.74. The molecule has 0 heterocycles. The Morgan fingerprint density at radius 2 is 1.70 bits per heavy atom. The Balaban J connectivity index is 0. The van der Waals surface area contributed by atoms with Crippen molar-refractivity contribution in [1.29, 1.82) is 0 Å². The second-order valence-corrected chi connectivity index (χ2v) is 8.79. The molecule has 3 nitrogen and oxygen atoms in total. The lowest BCUT2D eigenvalue weighted by molar-refractivity contribution is -0.0254. The van der Waals surface area contributed by atoms with Crippen LogP contribution in [-0.2, 0) is 0 Å². The molecule has 0 aliphatic heterocycles. The molecule has 0 aromatic rings. The number of allylic oxidation sites excluding steroid dienone is 6. The Morgan fingerprint density at radius 1 is 1.19 bits per heavy atom. The first kappa shape index (κ1) is 27.9. The lowest BCUT2D eigenvalue weighted by atomic mass is 9.72. The first-order valence-electron chi connectivity index (χ1n) is 9.64. The summed E-state index contributed by atoms with van der Waals surface area (Å²) in [4.78, 5) is 0. The Morgan fingerprint density at radius 3 is 2.04 bits per heavy atom. The lowest BCUT2D eigenvalue weighted by Crippen LogP contribution is -2.35. The molecule has 1 unspecified atom stereocenters. The molecule has 3 N–H and O–H groups in total. The van der Waals surface area contributed by atoms with E-state index in [1.165, 1.54) is 30.4 Å². The van der Waals surface area contributed by atoms with Crippen LogP contribution < -0.4 is 0 Å². The smallest absolute Gasteiger partial charge is 0.0843 e. The molecule has 156 valence electrons. The summed E-state index contributed by atoms with van der Waals surface area (Å²) >= 11 is 0. The van der Waals surface area contributed by atoms with Crippen LogP contribution in [0.3, 0.4) is 0 Å². The van der Waals surface area contributed by atoms with E-state index in [0.717, 1.165) is 0 Å². The molecular weight excluding hydrogens is 336 g/mol. The van der Waals surface area contributed by atoms with Crippen molar-refractivity contribution in [3.63, 3.8) is 0 Å². The van der Waals surface area contributed by atoms with Gasteiger partial charge in [-0.15, -0.1) is 12.8 Å². The molecule has 0 spiro atoms. The average Bonchev–Trinajstić information content (AvgIpc) is 2.61. The molecule has 3 heteroatoms. The van der Waals surface area contributed by atoms with Crippen molar-refractivity contribution in [3.05, 3.63) is 34.4 Å². The van der Waals surface area contributed by atoms with Crippen molar-refractivity contribution >= 4 is 0 Å². The molecule has 1 aliphatic carbocycles. The molecule has 0 saturated heterocycles. The second-order valence-electron chi connectivity index (χ2n) is 8.79. The van der Waals surface area contributed by atoms with Crippen LogP contribution in [0.15, 0.2) is 34.4 Å². The SMILES string of the molecule is C#C.CC(C)(CO)C(O)CO.CC(C)=C(C)/C=C/C1=C(C)CCCC1(C)C. The minimum absolute atomic E-state index is 0.116. The van der Waals surface area contributed by atoms with Gasteiger partial charge < -0.3 is 15.3 Å². The maximum atomic E-state index is 8.98. The number of hydrogen-bond donors (Lipinski definition) is 3. The van der Waals surface area contributed by atoms with Gasteiger partial charge in [-0.2, -0.15) is 0 Å². The number of aliphatic hydroxyl groups excluding tert-OH is 3. The Hall–Kier alpha value is -1.34. The number of terminal acetylenes is 1. The summed E-state index contributed by atoms with van der Waals surface area (Å²) in [7, 11) is 0. The fourth-order valence-electron chi connectivity index (χ4n) is 2.74. The summed E-state index contributed by atoms with van der Waals surface area (Å²) in [6, 6.07) is 0. The van der Waals surface area contributed by atoms with Gasteiger partial charge in [0.05, 0.1) is 19.3 Å². The van der Waals surface area contributed by atoms with E-state index < -0.39 is 11.5 Å². The van der Waals surface area contributed by atoms with Crippen molar-refractivity contribution in [1.82, 2.24) is 0 Å². The van der Waals surface area contributed by atoms with Crippen molar-refractivity contribution in [3.8, 4) is 12.8 Å². The molecule has 0 aromatic heterocycles. The van der Waals surface area contributed by atoms with E-state index in [4.69, 9.17) is 15.3 Å². The number of hydrogen-bond acceptors (Lipinski definition) is 3. The maximum absolute atomic E-state index is 8.98. The average molecular weight is 379 g/mol. The van der Waals surface area contributed by atoms with Crippen molar-refractivity contribution in [2.24, 2.45) is 10.8 Å². The third-order valence-electron chi connectivity index (χ3n) is 5.31. The van der Waals surface area contributed by atoms with Crippen molar-refractivity contribution < 1.29 is 15.3 Å². The van der Waals surface area contributed by atoms with Gasteiger partial charge in [-0.25, -0.2) is 0 Å². The van der Waals surface area contributed by atoms with Crippen LogP contribution in [0.5, 0.6) is 0 Å². The summed E-state index contributed by atoms with van der Waals surface area (Å²) in [6.07, 6.45) is 15.7. The first-order valence-corrected chi connectivity index (χ1v) is 9.64. The highest BCUT2D eigenvalue weighted by atomic mass is 16.3. The quantitative estimate of drug-likeness (QED) is 0.464. The summed E-state index contributed by atoms with van der Waals surface area (Å²) in [5.41, 5.74) is 5.70. The predicted octanol–water partition coefficient (Wildman–Crippen LogP) is 5.03. The number of aliphatic hydroxyl groups is 3. The van der Waals surface area contributed by atoms with E-state index in [1.54, 1.807) is 25.0 Å². The first-order chi connectivity index (χ1) is 12.4. The van der Waals surface area contributed by atoms with Crippen LogP contribution >= 0.6 is 0 Å². The molecule has 0 aromatic carbocycles. The van der Waals surface area contributed by atoms with E-state index in [-0.39, 0.29) is 13.2 Å². The molecule has 1 rings (SSSR count). The second kappa shape index (κ2) is 12.9. The summed E-state index contributed by atoms with van der Waals surface area (Å²) in [6.45, 7) is 16.5. The minimum atomic E-state index is -0.831. The van der Waals surface area contributed by atoms with Gasteiger partial charge >= 0.3 is 0 Å². The van der Waals surface area contributed by atoms with Crippen LogP contribution in [0.25, 0.3) is 0 Å². The molecule has 0 radical (unpaired) electrons. The number of rotatable bonds is 5. The van der Waals surface area contributed by atoms with Crippen molar-refractivity contribution in [2.45, 2.75) is 80.8 Å². The zero-order valence-electron chi connectivity index (χ0n) is 18.8. The van der Waals surface area contributed by atoms with E-state index in [2.05, 4.69) is 66.5 Å². The topological polar surface area (TPSA) is 60.7 Å². The Labute approximate surface area is 167 Å². The van der Waals surface area contributed by atoms with Gasteiger partial charge in [-0.1, -0.05) is 56.6 Å². The highest BCUT2D eigenvalue weighted by molar-refractivity contribution is 5.36. The monoisotopic (exact) mass is 378 g/mol. The van der Waals surface area contributed by atoms with E-state index in [9.17, 15) is 0 Å². The van der Waals surface area contributed by atoms with Gasteiger partial charge in [0.1, 0.15) is 0 Å². The minimum Gasteiger partial charge on any atom is -0.396 e. The molecule has 0 fully saturated rings. The zero-order chi connectivity index (χ0) is 21.8. The Kier molecular flexibility index (Phi) is 13.4. The normalized spacial score (nSPS) is 17.4. The molecule has 0 saturated carbocycles. The Bertz CT molecular complexity index is 541. The maximum Gasteiger partial charge on any atom is 0.0843 e. The predicted molar refractivity (Wildman–Crippen MR) is 117 cm³/mol. The van der Waals surface area contributed by atoms with Gasteiger partial charge in [0, 0.05) is 5.41 Å². The van der Waals surface area contributed by atoms with E-state index in [1.807, 2.05) is 0 Å². The molecule has 27 heavy (non-hydrogen) atoms. The lowest BCUT2D eigenvalue weighted by Gasteiger charge is -2.33. The van der Waals surface area contributed by atoms with Gasteiger partial charge in [0.25, 0.3) is 0 Å². The summed E-state index contributed by atoms with van der Waals surface area (Å²) in [5.74, 6) is 0. The zero-order valence-corrected chi connectivity index (χ0v) is 18.8. The van der Waals surface area contributed by atoms with Crippen LogP contribution in [0.2, 0.25) is 0 Å². The van der Waals surface area contributed by atoms with E-state index in [0.29, 0.717) is 5.41 Å². The molecular formula is C24H42O3. The van der Waals surface area contributed by atoms with E-state index >= 15 is 0 Å². The van der Waals surface area contributed by atoms with Crippen LogP contribution in [0.1, 0.15) is 74.7 Å². The third kappa shape index (κ3) is 9.96. The molecule has 0 amide bonds. The molecule has 1 atom stereocenters. The van der Waals surface area contributed by atoms with Gasteiger partial charge in [-0.3, -0.25) is 0 Å². The fraction of sp³-hybridized carbons (Fsp3) is 0.667. The third-order valence-corrected chi connectivity index (χ3v) is 5.31. The van der Waals surface area contributed by atoms with Crippen LogP contribution in [0.4, 0.5) is 0 Å². The summed E-state index contributed by atoms with van der Waals surface area (Å²) in [5, 5.41) is 26.0. The largest absolute Gasteiger partial charge is 0.396 e. The van der Waals surface area contributed by atoms with Crippen LogP contribution in [-0.4, -0.2) is 34.6 Å². The highest BCUT2D eigenvalue weighted by Gasteiger charge is 2.26. The van der Waals surface area contributed by atoms with Gasteiger partial charge in [-0.05, 0) is 57.9 Å². The molecule has 1 aliphatic rings. The van der Waals surface area contributed by atoms with Gasteiger partial charge in [0.15, 0.2) is 0 Å². The highest BCUT2D eigenvalue weighted by Crippen LogP contribution is 2.40. The molecule has 0 bridgehead atoms. The van der Waals surface area contributed by atoms with Gasteiger partial charge in [0.2, 0.25) is 0 Å². The standard InChI is InChI=1S/C16H26.C6H14O3.C2H2/c1-12(2)13(3)9-10-15-14(4)8-7-11-16(15,5)6;1-6(2,4-8)5(9)3-7;1-2/h9-10H,7-8,11H2,1-6H3;5,7-9H,3-4H2,1-2H3;1-2H/b10-9+;;. The van der Waals surface area contributed by atoms with Crippen LogP contribution in [0, 0.1) is 23.7 Å². The summed E-state index contributed by atoms with van der Waals surface area (Å²) < 4.78 is 0.